The summed E-state index contributed by atoms with van der Waals surface area (Å²) in [5.74, 6) is 1.17. The van der Waals surface area contributed by atoms with Gasteiger partial charge in [-0.25, -0.2) is 0 Å². The normalized spacial score (nSPS) is 15.4. The Labute approximate surface area is 176 Å². The molecule has 1 aliphatic heterocycles. The summed E-state index contributed by atoms with van der Waals surface area (Å²) in [5, 5.41) is 4.48. The zero-order chi connectivity index (χ0) is 20.7. The van der Waals surface area contributed by atoms with Crippen LogP contribution in [0.15, 0.2) is 59.4 Å². The van der Waals surface area contributed by atoms with Crippen molar-refractivity contribution in [3.05, 3.63) is 69.8 Å². The Kier molecular flexibility index (Phi) is 4.67. The highest BCUT2D eigenvalue weighted by Gasteiger charge is 2.22. The van der Waals surface area contributed by atoms with Crippen LogP contribution in [0.1, 0.15) is 16.6 Å². The van der Waals surface area contributed by atoms with Gasteiger partial charge in [-0.2, -0.15) is 0 Å². The van der Waals surface area contributed by atoms with Gasteiger partial charge in [-0.1, -0.05) is 30.3 Å². The van der Waals surface area contributed by atoms with Gasteiger partial charge in [0.1, 0.15) is 12.7 Å². The Morgan fingerprint density at radius 1 is 1.13 bits per heavy atom. The largest absolute Gasteiger partial charge is 0.486 e. The maximum atomic E-state index is 12.9. The molecule has 0 spiro atoms. The molecule has 4 aromatic rings. The number of nitrogens with one attached hydrogen (secondary N) is 1. The zero-order valence-electron chi connectivity index (χ0n) is 16.4. The minimum atomic E-state index is -0.267. The predicted octanol–water partition coefficient (Wildman–Crippen LogP) is 3.81. The first-order valence-corrected chi connectivity index (χ1v) is 10.7. The summed E-state index contributed by atoms with van der Waals surface area (Å²) in [4.78, 5) is 26.2. The van der Waals surface area contributed by atoms with Crippen molar-refractivity contribution in [2.45, 2.75) is 19.6 Å². The molecule has 0 saturated carbocycles. The van der Waals surface area contributed by atoms with Gasteiger partial charge >= 0.3 is 0 Å². The van der Waals surface area contributed by atoms with Crippen LogP contribution >= 0.6 is 11.3 Å². The summed E-state index contributed by atoms with van der Waals surface area (Å²) in [6.45, 7) is 3.22. The van der Waals surface area contributed by atoms with Gasteiger partial charge in [0.15, 0.2) is 11.5 Å². The molecule has 30 heavy (non-hydrogen) atoms. The van der Waals surface area contributed by atoms with Gasteiger partial charge in [0.2, 0.25) is 0 Å². The summed E-state index contributed by atoms with van der Waals surface area (Å²) in [5.41, 5.74) is 0.819. The van der Waals surface area contributed by atoms with Gasteiger partial charge in [0.05, 0.1) is 22.3 Å². The van der Waals surface area contributed by atoms with Gasteiger partial charge in [-0.3, -0.25) is 9.59 Å². The number of nitrogens with zero attached hydrogens (tertiary/aromatic N) is 1. The van der Waals surface area contributed by atoms with E-state index in [4.69, 9.17) is 9.47 Å². The molecule has 1 amide bonds. The first-order valence-electron chi connectivity index (χ1n) is 9.87. The number of thiophene rings is 1. The predicted molar refractivity (Wildman–Crippen MR) is 118 cm³/mol. The van der Waals surface area contributed by atoms with Crippen molar-refractivity contribution in [1.29, 1.82) is 0 Å². The van der Waals surface area contributed by atoms with Gasteiger partial charge in [0, 0.05) is 16.6 Å². The van der Waals surface area contributed by atoms with Crippen molar-refractivity contribution >= 4 is 38.2 Å². The number of carbonyl (C=O) groups is 1. The molecule has 1 atom stereocenters. The third kappa shape index (κ3) is 3.11. The number of carbonyl (C=O) groups excluding carboxylic acids is 1. The van der Waals surface area contributed by atoms with E-state index in [2.05, 4.69) is 5.32 Å². The third-order valence-electron chi connectivity index (χ3n) is 5.24. The van der Waals surface area contributed by atoms with E-state index in [0.29, 0.717) is 41.5 Å². The van der Waals surface area contributed by atoms with Crippen molar-refractivity contribution in [3.63, 3.8) is 0 Å². The molecule has 7 heteroatoms. The quantitative estimate of drug-likeness (QED) is 0.545. The number of ether oxygens (including phenoxy) is 2. The summed E-state index contributed by atoms with van der Waals surface area (Å²) in [6.07, 6.45) is -0.267. The summed E-state index contributed by atoms with van der Waals surface area (Å²) in [6, 6.07) is 17.0. The smallest absolute Gasteiger partial charge is 0.261 e. The van der Waals surface area contributed by atoms with E-state index in [9.17, 15) is 9.59 Å². The van der Waals surface area contributed by atoms with Crippen LogP contribution in [0.25, 0.3) is 21.0 Å². The Balaban J connectivity index is 1.40. The molecule has 1 N–H and O–H groups in total. The van der Waals surface area contributed by atoms with Crippen molar-refractivity contribution in [3.8, 4) is 11.5 Å². The van der Waals surface area contributed by atoms with E-state index in [1.54, 1.807) is 10.6 Å². The lowest BCUT2D eigenvalue weighted by Crippen LogP contribution is -2.40. The lowest BCUT2D eigenvalue weighted by Gasteiger charge is -2.26. The molecule has 1 aliphatic rings. The highest BCUT2D eigenvalue weighted by atomic mass is 32.1. The molecule has 2 aromatic carbocycles. The van der Waals surface area contributed by atoms with E-state index >= 15 is 0 Å². The molecule has 0 radical (unpaired) electrons. The Hall–Kier alpha value is -3.32. The standard InChI is InChI=1S/C23H20N2O4S/c1-2-25-17-8-4-3-7-15(17)21-16(23(25)27)11-20(30-21)22(26)24-12-14-13-28-18-9-5-6-10-19(18)29-14/h3-11,14H,2,12-13H2,1H3,(H,24,26). The zero-order valence-corrected chi connectivity index (χ0v) is 17.2. The van der Waals surface area contributed by atoms with E-state index in [0.717, 1.165) is 15.6 Å². The van der Waals surface area contributed by atoms with Gasteiger partial charge < -0.3 is 19.4 Å². The summed E-state index contributed by atoms with van der Waals surface area (Å²) in [7, 11) is 0. The van der Waals surface area contributed by atoms with Crippen LogP contribution in [0.5, 0.6) is 11.5 Å². The minimum Gasteiger partial charge on any atom is -0.486 e. The second-order valence-electron chi connectivity index (χ2n) is 7.13. The van der Waals surface area contributed by atoms with E-state index in [1.165, 1.54) is 11.3 Å². The Bertz CT molecular complexity index is 1320. The molecule has 1 unspecified atom stereocenters. The number of benzene rings is 2. The number of para-hydroxylation sites is 3. The summed E-state index contributed by atoms with van der Waals surface area (Å²) >= 11 is 1.35. The van der Waals surface area contributed by atoms with Crippen LogP contribution in [0, 0.1) is 0 Å². The maximum absolute atomic E-state index is 12.9. The van der Waals surface area contributed by atoms with Crippen LogP contribution in [0.4, 0.5) is 0 Å². The molecular weight excluding hydrogens is 400 g/mol. The second-order valence-corrected chi connectivity index (χ2v) is 8.18. The fourth-order valence-corrected chi connectivity index (χ4v) is 4.89. The van der Waals surface area contributed by atoms with Crippen LogP contribution in [0.2, 0.25) is 0 Å². The lowest BCUT2D eigenvalue weighted by molar-refractivity contribution is 0.0791. The Morgan fingerprint density at radius 2 is 1.90 bits per heavy atom. The average molecular weight is 420 g/mol. The maximum Gasteiger partial charge on any atom is 0.261 e. The van der Waals surface area contributed by atoms with E-state index in [1.807, 2.05) is 55.5 Å². The highest BCUT2D eigenvalue weighted by Crippen LogP contribution is 2.32. The fraction of sp³-hybridized carbons (Fsp3) is 0.217. The third-order valence-corrected chi connectivity index (χ3v) is 6.41. The van der Waals surface area contributed by atoms with Crippen molar-refractivity contribution in [2.24, 2.45) is 0 Å². The van der Waals surface area contributed by atoms with Gasteiger partial charge in [-0.05, 0) is 31.2 Å². The number of aromatic nitrogens is 1. The molecule has 0 aliphatic carbocycles. The van der Waals surface area contributed by atoms with Crippen LogP contribution in [-0.4, -0.2) is 29.7 Å². The molecule has 0 bridgehead atoms. The van der Waals surface area contributed by atoms with Crippen molar-refractivity contribution in [1.82, 2.24) is 9.88 Å². The highest BCUT2D eigenvalue weighted by molar-refractivity contribution is 7.21. The molecule has 152 valence electrons. The lowest BCUT2D eigenvalue weighted by atomic mass is 10.1. The molecule has 6 nitrogen and oxygen atoms in total. The van der Waals surface area contributed by atoms with E-state index < -0.39 is 0 Å². The van der Waals surface area contributed by atoms with Crippen LogP contribution in [-0.2, 0) is 6.54 Å². The summed E-state index contributed by atoms with van der Waals surface area (Å²) < 4.78 is 14.2. The number of aryl methyl sites for hydroxylation is 1. The number of hydrogen-bond acceptors (Lipinski definition) is 5. The molecule has 5 rings (SSSR count). The topological polar surface area (TPSA) is 69.6 Å². The first kappa shape index (κ1) is 18.7. The number of pyridine rings is 1. The number of amides is 1. The first-order chi connectivity index (χ1) is 14.7. The monoisotopic (exact) mass is 420 g/mol. The van der Waals surface area contributed by atoms with Crippen molar-refractivity contribution in [2.75, 3.05) is 13.2 Å². The fourth-order valence-electron chi connectivity index (χ4n) is 3.79. The number of fused-ring (bicyclic) bond motifs is 4. The molecule has 2 aromatic heterocycles. The van der Waals surface area contributed by atoms with Gasteiger partial charge in [0.25, 0.3) is 11.5 Å². The SMILES string of the molecule is CCn1c(=O)c2cc(C(=O)NCC3COc4ccccc4O3)sc2c2ccccc21. The average Bonchev–Trinajstić information content (AvgIpc) is 3.24. The second kappa shape index (κ2) is 7.50. The molecule has 0 fully saturated rings. The Morgan fingerprint density at radius 3 is 2.73 bits per heavy atom. The van der Waals surface area contributed by atoms with Gasteiger partial charge in [-0.15, -0.1) is 11.3 Å². The van der Waals surface area contributed by atoms with Crippen molar-refractivity contribution < 1.29 is 14.3 Å². The van der Waals surface area contributed by atoms with Crippen LogP contribution in [0.3, 0.4) is 0 Å². The number of rotatable bonds is 4. The number of hydrogen-bond donors (Lipinski definition) is 1. The molecule has 3 heterocycles. The molecular formula is C23H20N2O4S. The van der Waals surface area contributed by atoms with E-state index in [-0.39, 0.29) is 17.6 Å². The van der Waals surface area contributed by atoms with Crippen LogP contribution < -0.4 is 20.3 Å². The molecule has 0 saturated heterocycles. The minimum absolute atomic E-state index is 0.0675.